The van der Waals surface area contributed by atoms with Crippen LogP contribution in [0.2, 0.25) is 10.2 Å². The van der Waals surface area contributed by atoms with Gasteiger partial charge in [0.2, 0.25) is 11.8 Å². The number of hydrogen-bond donors (Lipinski definition) is 1. The number of nitrogens with one attached hydrogen (secondary N) is 1. The summed E-state index contributed by atoms with van der Waals surface area (Å²) in [6, 6.07) is 1.53. The van der Waals surface area contributed by atoms with Crippen LogP contribution in [0.5, 0.6) is 0 Å². The predicted octanol–water partition coefficient (Wildman–Crippen LogP) is 0.847. The molecule has 1 saturated heterocycles. The van der Waals surface area contributed by atoms with E-state index in [-0.39, 0.29) is 24.9 Å². The Morgan fingerprint density at radius 2 is 1.94 bits per heavy atom. The maximum atomic E-state index is 11.2. The van der Waals surface area contributed by atoms with Crippen molar-refractivity contribution in [2.24, 2.45) is 0 Å². The maximum Gasteiger partial charge on any atom is 0.240 e. The molecule has 1 N–H and O–H groups in total. The van der Waals surface area contributed by atoms with Gasteiger partial charge in [-0.3, -0.25) is 19.8 Å². The standard InChI is InChI=1S/C10H9Cl2N3O2/c11-7-1-8(12)13-2-6(7)3-15-4-9(16)14-10(17)5-15/h1-2H,3-5H2,(H,14,16,17). The largest absolute Gasteiger partial charge is 0.294 e. The van der Waals surface area contributed by atoms with Gasteiger partial charge in [0.25, 0.3) is 0 Å². The van der Waals surface area contributed by atoms with E-state index in [1.165, 1.54) is 6.07 Å². The highest BCUT2D eigenvalue weighted by Crippen LogP contribution is 2.20. The molecule has 0 aromatic carbocycles. The summed E-state index contributed by atoms with van der Waals surface area (Å²) >= 11 is 11.7. The first-order valence-corrected chi connectivity index (χ1v) is 5.65. The number of nitrogens with zero attached hydrogens (tertiary/aromatic N) is 2. The van der Waals surface area contributed by atoms with Gasteiger partial charge in [0.05, 0.1) is 13.1 Å². The monoisotopic (exact) mass is 273 g/mol. The van der Waals surface area contributed by atoms with Crippen molar-refractivity contribution in [2.75, 3.05) is 13.1 Å². The third kappa shape index (κ3) is 3.15. The topological polar surface area (TPSA) is 62.3 Å². The number of rotatable bonds is 2. The first-order valence-electron chi connectivity index (χ1n) is 4.89. The Morgan fingerprint density at radius 1 is 1.29 bits per heavy atom. The molecule has 1 fully saturated rings. The molecule has 17 heavy (non-hydrogen) atoms. The summed E-state index contributed by atoms with van der Waals surface area (Å²) in [7, 11) is 0. The van der Waals surface area contributed by atoms with Crippen LogP contribution in [-0.4, -0.2) is 34.8 Å². The smallest absolute Gasteiger partial charge is 0.240 e. The highest BCUT2D eigenvalue weighted by molar-refractivity contribution is 6.34. The van der Waals surface area contributed by atoms with Crippen LogP contribution < -0.4 is 5.32 Å². The number of piperazine rings is 1. The molecule has 7 heteroatoms. The van der Waals surface area contributed by atoms with Crippen molar-refractivity contribution < 1.29 is 9.59 Å². The molecule has 0 bridgehead atoms. The normalized spacial score (nSPS) is 17.1. The van der Waals surface area contributed by atoms with Crippen LogP contribution in [0.1, 0.15) is 5.56 Å². The van der Waals surface area contributed by atoms with E-state index in [4.69, 9.17) is 23.2 Å². The van der Waals surface area contributed by atoms with Crippen molar-refractivity contribution in [3.8, 4) is 0 Å². The minimum Gasteiger partial charge on any atom is -0.294 e. The summed E-state index contributed by atoms with van der Waals surface area (Å²) in [5, 5.41) is 3.02. The van der Waals surface area contributed by atoms with E-state index >= 15 is 0 Å². The zero-order chi connectivity index (χ0) is 12.4. The Bertz CT molecular complexity index is 463. The molecular formula is C10H9Cl2N3O2. The molecule has 0 unspecified atom stereocenters. The summed E-state index contributed by atoms with van der Waals surface area (Å²) in [6.45, 7) is 0.734. The van der Waals surface area contributed by atoms with E-state index in [1.54, 1.807) is 11.1 Å². The lowest BCUT2D eigenvalue weighted by atomic mass is 10.2. The molecule has 1 aliphatic rings. The number of pyridine rings is 1. The average Bonchev–Trinajstić information content (AvgIpc) is 2.21. The number of amides is 2. The second kappa shape index (κ2) is 5.00. The first kappa shape index (κ1) is 12.3. The van der Waals surface area contributed by atoms with Crippen LogP contribution in [0.4, 0.5) is 0 Å². The first-order chi connectivity index (χ1) is 8.04. The highest BCUT2D eigenvalue weighted by Gasteiger charge is 2.22. The fourth-order valence-corrected chi connectivity index (χ4v) is 2.03. The van der Waals surface area contributed by atoms with Gasteiger partial charge in [0.1, 0.15) is 5.15 Å². The van der Waals surface area contributed by atoms with Crippen LogP contribution in [-0.2, 0) is 16.1 Å². The van der Waals surface area contributed by atoms with Crippen LogP contribution >= 0.6 is 23.2 Å². The molecule has 1 aromatic rings. The Morgan fingerprint density at radius 3 is 2.53 bits per heavy atom. The molecule has 0 aliphatic carbocycles. The average molecular weight is 274 g/mol. The Kier molecular flexibility index (Phi) is 3.61. The van der Waals surface area contributed by atoms with Gasteiger partial charge >= 0.3 is 0 Å². The molecular weight excluding hydrogens is 265 g/mol. The van der Waals surface area contributed by atoms with Gasteiger partial charge in [-0.1, -0.05) is 23.2 Å². The molecule has 0 radical (unpaired) electrons. The summed E-state index contributed by atoms with van der Waals surface area (Å²) in [5.74, 6) is -0.612. The summed E-state index contributed by atoms with van der Waals surface area (Å²) in [4.78, 5) is 27.9. The zero-order valence-electron chi connectivity index (χ0n) is 8.74. The number of carbonyl (C=O) groups is 2. The van der Waals surface area contributed by atoms with Gasteiger partial charge in [-0.05, 0) is 6.07 Å². The summed E-state index contributed by atoms with van der Waals surface area (Å²) in [5.41, 5.74) is 0.735. The van der Waals surface area contributed by atoms with Gasteiger partial charge < -0.3 is 0 Å². The second-order valence-corrected chi connectivity index (χ2v) is 4.51. The maximum absolute atomic E-state index is 11.2. The Hall–Kier alpha value is -1.17. The lowest BCUT2D eigenvalue weighted by Gasteiger charge is -2.25. The van der Waals surface area contributed by atoms with Crippen molar-refractivity contribution in [3.05, 3.63) is 28.0 Å². The number of imide groups is 1. The van der Waals surface area contributed by atoms with Crippen LogP contribution in [0, 0.1) is 0 Å². The van der Waals surface area contributed by atoms with Crippen molar-refractivity contribution in [1.82, 2.24) is 15.2 Å². The van der Waals surface area contributed by atoms with Crippen LogP contribution in [0.3, 0.4) is 0 Å². The zero-order valence-corrected chi connectivity index (χ0v) is 10.3. The number of aromatic nitrogens is 1. The summed E-state index contributed by atoms with van der Waals surface area (Å²) in [6.07, 6.45) is 1.54. The van der Waals surface area contributed by atoms with Crippen molar-refractivity contribution in [1.29, 1.82) is 0 Å². The molecule has 1 aliphatic heterocycles. The highest BCUT2D eigenvalue weighted by atomic mass is 35.5. The molecule has 0 spiro atoms. The summed E-state index contributed by atoms with van der Waals surface area (Å²) < 4.78 is 0. The molecule has 2 amide bonds. The fraction of sp³-hybridized carbons (Fsp3) is 0.300. The van der Waals surface area contributed by atoms with Crippen molar-refractivity contribution in [2.45, 2.75) is 6.54 Å². The van der Waals surface area contributed by atoms with Gasteiger partial charge in [-0.25, -0.2) is 4.98 Å². The van der Waals surface area contributed by atoms with E-state index in [1.807, 2.05) is 0 Å². The molecule has 5 nitrogen and oxygen atoms in total. The third-order valence-electron chi connectivity index (χ3n) is 2.30. The lowest BCUT2D eigenvalue weighted by Crippen LogP contribution is -2.50. The predicted molar refractivity (Wildman–Crippen MR) is 62.7 cm³/mol. The molecule has 90 valence electrons. The van der Waals surface area contributed by atoms with Crippen molar-refractivity contribution in [3.63, 3.8) is 0 Å². The minimum absolute atomic E-state index is 0.171. The Balaban J connectivity index is 2.10. The van der Waals surface area contributed by atoms with Crippen molar-refractivity contribution >= 4 is 35.0 Å². The molecule has 1 aromatic heterocycles. The SMILES string of the molecule is O=C1CN(Cc2cnc(Cl)cc2Cl)CC(=O)N1. The van der Waals surface area contributed by atoms with Crippen LogP contribution in [0.25, 0.3) is 0 Å². The van der Waals surface area contributed by atoms with Gasteiger partial charge in [-0.2, -0.15) is 0 Å². The number of halogens is 2. The number of carbonyl (C=O) groups excluding carboxylic acids is 2. The second-order valence-electron chi connectivity index (χ2n) is 3.71. The fourth-order valence-electron chi connectivity index (χ4n) is 1.60. The van der Waals surface area contributed by atoms with E-state index in [0.29, 0.717) is 16.7 Å². The van der Waals surface area contributed by atoms with Crippen LogP contribution in [0.15, 0.2) is 12.3 Å². The van der Waals surface area contributed by atoms with Gasteiger partial charge in [0.15, 0.2) is 0 Å². The van der Waals surface area contributed by atoms with Gasteiger partial charge in [-0.15, -0.1) is 0 Å². The van der Waals surface area contributed by atoms with E-state index < -0.39 is 0 Å². The molecule has 2 rings (SSSR count). The Labute approximate surface area is 108 Å². The molecule has 0 saturated carbocycles. The van der Waals surface area contributed by atoms with Gasteiger partial charge in [0, 0.05) is 23.3 Å². The number of hydrogen-bond acceptors (Lipinski definition) is 4. The van der Waals surface area contributed by atoms with E-state index in [0.717, 1.165) is 5.56 Å². The third-order valence-corrected chi connectivity index (χ3v) is 2.86. The minimum atomic E-state index is -0.306. The van der Waals surface area contributed by atoms with E-state index in [2.05, 4.69) is 10.3 Å². The molecule has 2 heterocycles. The molecule has 0 atom stereocenters. The lowest BCUT2D eigenvalue weighted by molar-refractivity contribution is -0.136. The quantitative estimate of drug-likeness (QED) is 0.641. The van der Waals surface area contributed by atoms with E-state index in [9.17, 15) is 9.59 Å².